The number of anilines is 1. The number of nitro benzene ring substituents is 1. The smallest absolute Gasteiger partial charge is 0.308 e. The molecule has 120 valence electrons. The fraction of sp³-hybridized carbons (Fsp3) is 0.562. The zero-order valence-corrected chi connectivity index (χ0v) is 13.0. The van der Waals surface area contributed by atoms with Gasteiger partial charge in [0.1, 0.15) is 5.69 Å². The summed E-state index contributed by atoms with van der Waals surface area (Å²) in [5, 5.41) is 14.3. The number of ether oxygens (including phenoxy) is 1. The highest BCUT2D eigenvalue weighted by Gasteiger charge is 2.27. The molecule has 6 heteroatoms. The fourth-order valence-electron chi connectivity index (χ4n) is 2.97. The summed E-state index contributed by atoms with van der Waals surface area (Å²) < 4.78 is 4.78. The maximum atomic E-state index is 11.5. The van der Waals surface area contributed by atoms with Crippen LogP contribution in [0, 0.1) is 28.9 Å². The van der Waals surface area contributed by atoms with Crippen LogP contribution in [0.4, 0.5) is 11.4 Å². The number of methoxy groups -OCH3 is 1. The summed E-state index contributed by atoms with van der Waals surface area (Å²) >= 11 is 0. The van der Waals surface area contributed by atoms with Crippen molar-refractivity contribution < 1.29 is 14.5 Å². The molecule has 2 rings (SSSR count). The SMILES string of the molecule is COC(=O)[C@H]1CC[C@H](CNc2cc(C)ccc2[N+](=O)[O-])CC1. The second-order valence-corrected chi connectivity index (χ2v) is 5.90. The van der Waals surface area contributed by atoms with Crippen molar-refractivity contribution in [3.05, 3.63) is 33.9 Å². The lowest BCUT2D eigenvalue weighted by molar-refractivity contribution is -0.384. The van der Waals surface area contributed by atoms with E-state index in [0.29, 0.717) is 18.2 Å². The number of nitrogens with one attached hydrogen (secondary N) is 1. The molecule has 22 heavy (non-hydrogen) atoms. The van der Waals surface area contributed by atoms with Crippen LogP contribution in [0.1, 0.15) is 31.2 Å². The van der Waals surface area contributed by atoms with Crippen LogP contribution in [0.3, 0.4) is 0 Å². The summed E-state index contributed by atoms with van der Waals surface area (Å²) in [6.45, 7) is 2.61. The minimum atomic E-state index is -0.365. The lowest BCUT2D eigenvalue weighted by Crippen LogP contribution is -2.26. The lowest BCUT2D eigenvalue weighted by atomic mass is 9.82. The molecule has 1 N–H and O–H groups in total. The zero-order chi connectivity index (χ0) is 16.1. The largest absolute Gasteiger partial charge is 0.469 e. The molecular formula is C16H22N2O4. The molecule has 0 unspecified atom stereocenters. The van der Waals surface area contributed by atoms with Gasteiger partial charge in [-0.15, -0.1) is 0 Å². The van der Waals surface area contributed by atoms with Crippen LogP contribution in [0.25, 0.3) is 0 Å². The van der Waals surface area contributed by atoms with Crippen LogP contribution in [0.15, 0.2) is 18.2 Å². The Morgan fingerprint density at radius 3 is 2.64 bits per heavy atom. The van der Waals surface area contributed by atoms with Gasteiger partial charge in [0.05, 0.1) is 18.0 Å². The Morgan fingerprint density at radius 1 is 1.36 bits per heavy atom. The fourth-order valence-corrected chi connectivity index (χ4v) is 2.97. The number of rotatable bonds is 5. The number of hydrogen-bond acceptors (Lipinski definition) is 5. The number of benzene rings is 1. The van der Waals surface area contributed by atoms with Gasteiger partial charge in [0.2, 0.25) is 0 Å². The Labute approximate surface area is 130 Å². The Bertz CT molecular complexity index is 551. The molecule has 1 saturated carbocycles. The Morgan fingerprint density at radius 2 is 2.05 bits per heavy atom. The van der Waals surface area contributed by atoms with Crippen LogP contribution >= 0.6 is 0 Å². The Hall–Kier alpha value is -2.11. The van der Waals surface area contributed by atoms with Crippen molar-refractivity contribution in [2.45, 2.75) is 32.6 Å². The van der Waals surface area contributed by atoms with Crippen molar-refractivity contribution in [1.82, 2.24) is 0 Å². The first kappa shape index (κ1) is 16.3. The standard InChI is InChI=1S/C16H22N2O4/c1-11-3-8-15(18(20)21)14(9-11)17-10-12-4-6-13(7-5-12)16(19)22-2/h3,8-9,12-13,17H,4-7,10H2,1-2H3/t12-,13-. The van der Waals surface area contributed by atoms with Crippen molar-refractivity contribution in [1.29, 1.82) is 0 Å². The van der Waals surface area contributed by atoms with Gasteiger partial charge < -0.3 is 10.1 Å². The van der Waals surface area contributed by atoms with Crippen molar-refractivity contribution in [3.8, 4) is 0 Å². The molecule has 0 aromatic heterocycles. The monoisotopic (exact) mass is 306 g/mol. The molecule has 1 aromatic carbocycles. The van der Waals surface area contributed by atoms with E-state index in [1.54, 1.807) is 12.1 Å². The molecule has 0 saturated heterocycles. The topological polar surface area (TPSA) is 81.5 Å². The summed E-state index contributed by atoms with van der Waals surface area (Å²) in [5.74, 6) is 0.316. The minimum absolute atomic E-state index is 0.00885. The second kappa shape index (κ2) is 7.24. The molecule has 0 spiro atoms. The summed E-state index contributed by atoms with van der Waals surface area (Å²) in [4.78, 5) is 22.2. The predicted molar refractivity (Wildman–Crippen MR) is 83.8 cm³/mol. The van der Waals surface area contributed by atoms with E-state index in [-0.39, 0.29) is 22.5 Å². The van der Waals surface area contributed by atoms with Gasteiger partial charge in [-0.2, -0.15) is 0 Å². The molecule has 0 bridgehead atoms. The molecule has 0 aliphatic heterocycles. The zero-order valence-electron chi connectivity index (χ0n) is 13.0. The number of esters is 1. The van der Waals surface area contributed by atoms with Crippen LogP contribution in [-0.2, 0) is 9.53 Å². The highest BCUT2D eigenvalue weighted by Crippen LogP contribution is 2.31. The van der Waals surface area contributed by atoms with Gasteiger partial charge in [-0.1, -0.05) is 6.07 Å². The lowest BCUT2D eigenvalue weighted by Gasteiger charge is -2.27. The Kier molecular flexibility index (Phi) is 5.35. The molecule has 1 aromatic rings. The van der Waals surface area contributed by atoms with Crippen molar-refractivity contribution in [2.75, 3.05) is 19.0 Å². The predicted octanol–water partition coefficient (Wildman–Crippen LogP) is 3.29. The number of hydrogen-bond donors (Lipinski definition) is 1. The van der Waals surface area contributed by atoms with E-state index in [0.717, 1.165) is 31.2 Å². The van der Waals surface area contributed by atoms with Gasteiger partial charge in [-0.25, -0.2) is 0 Å². The van der Waals surface area contributed by atoms with Gasteiger partial charge in [0.15, 0.2) is 0 Å². The van der Waals surface area contributed by atoms with Gasteiger partial charge in [-0.3, -0.25) is 14.9 Å². The van der Waals surface area contributed by atoms with Gasteiger partial charge in [0.25, 0.3) is 5.69 Å². The molecule has 0 heterocycles. The highest BCUT2D eigenvalue weighted by molar-refractivity contribution is 5.72. The van der Waals surface area contributed by atoms with Crippen LogP contribution in [0.5, 0.6) is 0 Å². The van der Waals surface area contributed by atoms with E-state index in [1.165, 1.54) is 13.2 Å². The van der Waals surface area contributed by atoms with Crippen LogP contribution < -0.4 is 5.32 Å². The maximum absolute atomic E-state index is 11.5. The number of carbonyl (C=O) groups is 1. The summed E-state index contributed by atoms with van der Waals surface area (Å²) in [5.41, 5.74) is 1.66. The maximum Gasteiger partial charge on any atom is 0.308 e. The van der Waals surface area contributed by atoms with Gasteiger partial charge >= 0.3 is 5.97 Å². The van der Waals surface area contributed by atoms with Gasteiger partial charge in [-0.05, 0) is 50.2 Å². The number of aryl methyl sites for hydroxylation is 1. The van der Waals surface area contributed by atoms with E-state index < -0.39 is 0 Å². The molecule has 1 aliphatic carbocycles. The molecule has 0 radical (unpaired) electrons. The first-order valence-corrected chi connectivity index (χ1v) is 7.58. The van der Waals surface area contributed by atoms with E-state index in [2.05, 4.69) is 5.32 Å². The second-order valence-electron chi connectivity index (χ2n) is 5.90. The quantitative estimate of drug-likeness (QED) is 0.513. The molecule has 6 nitrogen and oxygen atoms in total. The summed E-state index contributed by atoms with van der Waals surface area (Å²) in [6, 6.07) is 5.08. The van der Waals surface area contributed by atoms with Crippen LogP contribution in [0.2, 0.25) is 0 Å². The van der Waals surface area contributed by atoms with E-state index in [4.69, 9.17) is 4.74 Å². The third-order valence-electron chi connectivity index (χ3n) is 4.31. The van der Waals surface area contributed by atoms with E-state index in [1.807, 2.05) is 6.92 Å². The van der Waals surface area contributed by atoms with E-state index >= 15 is 0 Å². The third-order valence-corrected chi connectivity index (χ3v) is 4.31. The summed E-state index contributed by atoms with van der Waals surface area (Å²) in [7, 11) is 1.42. The average molecular weight is 306 g/mol. The number of nitrogens with zero attached hydrogens (tertiary/aromatic N) is 1. The van der Waals surface area contributed by atoms with Crippen LogP contribution in [-0.4, -0.2) is 24.5 Å². The Balaban J connectivity index is 1.91. The van der Waals surface area contributed by atoms with Crippen molar-refractivity contribution >= 4 is 17.3 Å². The van der Waals surface area contributed by atoms with Crippen molar-refractivity contribution in [2.24, 2.45) is 11.8 Å². The number of nitro groups is 1. The highest BCUT2D eigenvalue weighted by atomic mass is 16.6. The summed E-state index contributed by atoms with van der Waals surface area (Å²) in [6.07, 6.45) is 3.53. The van der Waals surface area contributed by atoms with Gasteiger partial charge in [0, 0.05) is 12.6 Å². The number of carbonyl (C=O) groups excluding carboxylic acids is 1. The molecule has 0 amide bonds. The molecule has 1 aliphatic rings. The molecule has 0 atom stereocenters. The first-order chi connectivity index (χ1) is 10.5. The van der Waals surface area contributed by atoms with Crippen molar-refractivity contribution in [3.63, 3.8) is 0 Å². The molecular weight excluding hydrogens is 284 g/mol. The normalized spacial score (nSPS) is 21.2. The average Bonchev–Trinajstić information content (AvgIpc) is 2.52. The third kappa shape index (κ3) is 3.96. The minimum Gasteiger partial charge on any atom is -0.469 e. The molecule has 1 fully saturated rings. The first-order valence-electron chi connectivity index (χ1n) is 7.58. The van der Waals surface area contributed by atoms with E-state index in [9.17, 15) is 14.9 Å².